The zero-order valence-electron chi connectivity index (χ0n) is 32.7. The van der Waals surface area contributed by atoms with Gasteiger partial charge in [-0.05, 0) is 64.2 Å². The van der Waals surface area contributed by atoms with E-state index in [1.807, 2.05) is 0 Å². The van der Waals surface area contributed by atoms with Gasteiger partial charge in [-0.15, -0.1) is 0 Å². The van der Waals surface area contributed by atoms with Crippen LogP contribution < -0.4 is 59.1 Å². The molecule has 12 nitrogen and oxygen atoms in total. The Morgan fingerprint density at radius 2 is 0.808 bits per heavy atom. The van der Waals surface area contributed by atoms with Gasteiger partial charge in [0, 0.05) is 37.9 Å². The quantitative estimate of drug-likeness (QED) is 0.0358. The van der Waals surface area contributed by atoms with E-state index in [0.717, 1.165) is 38.5 Å². The Balaban J connectivity index is -0.0000120. The second-order valence-electron chi connectivity index (χ2n) is 12.1. The summed E-state index contributed by atoms with van der Waals surface area (Å²) in [6.07, 6.45) is 25.0. The summed E-state index contributed by atoms with van der Waals surface area (Å²) in [4.78, 5) is 0. The van der Waals surface area contributed by atoms with Gasteiger partial charge in [-0.3, -0.25) is 0 Å². The molecule has 0 bridgehead atoms. The van der Waals surface area contributed by atoms with E-state index in [4.69, 9.17) is 28.4 Å². The standard InChI is InChI=1S/C36H68O12S2.2Na/c1-3-5-7-9-11-13-15-17-23-43-31-35(47-27-21-29-49(37,38)39)33-45-25-19-20-26-46-34-36(48-28-22-30-50(40,41)42)32-44-24-18-16-14-12-10-8-6-4-2;;/h11-14,19-20,35-36H,3-10,15-18,21-34H2,1-2H3,(H,37,38,39)(H,40,41,42);;/q;2*+1/p-2/b13-11+,14-12+,20-19+;;. The van der Waals surface area contributed by atoms with E-state index in [1.54, 1.807) is 12.2 Å². The molecule has 16 heteroatoms. The van der Waals surface area contributed by atoms with Gasteiger partial charge in [-0.1, -0.05) is 76.0 Å². The van der Waals surface area contributed by atoms with Crippen LogP contribution in [-0.2, 0) is 48.7 Å². The predicted octanol–water partition coefficient (Wildman–Crippen LogP) is 0.0914. The van der Waals surface area contributed by atoms with Crippen LogP contribution in [0.25, 0.3) is 0 Å². The molecule has 0 saturated heterocycles. The zero-order valence-corrected chi connectivity index (χ0v) is 38.4. The van der Waals surface area contributed by atoms with Gasteiger partial charge in [0.1, 0.15) is 12.2 Å². The monoisotopic (exact) mass is 800 g/mol. The summed E-state index contributed by atoms with van der Waals surface area (Å²) in [5, 5.41) is 0. The fourth-order valence-electron chi connectivity index (χ4n) is 4.46. The van der Waals surface area contributed by atoms with Crippen molar-refractivity contribution in [2.24, 2.45) is 0 Å². The van der Waals surface area contributed by atoms with Crippen molar-refractivity contribution in [3.8, 4) is 0 Å². The normalized spacial score (nSPS) is 13.5. The summed E-state index contributed by atoms with van der Waals surface area (Å²) in [6.45, 7) is 7.35. The first-order valence-electron chi connectivity index (χ1n) is 18.4. The summed E-state index contributed by atoms with van der Waals surface area (Å²) < 4.78 is 99.7. The fraction of sp³-hybridized carbons (Fsp3) is 0.833. The molecule has 0 aliphatic heterocycles. The van der Waals surface area contributed by atoms with Crippen molar-refractivity contribution in [1.82, 2.24) is 0 Å². The summed E-state index contributed by atoms with van der Waals surface area (Å²) in [7, 11) is -8.58. The fourth-order valence-corrected chi connectivity index (χ4v) is 5.41. The van der Waals surface area contributed by atoms with Crippen molar-refractivity contribution >= 4 is 20.2 Å². The molecule has 0 radical (unpaired) electrons. The van der Waals surface area contributed by atoms with E-state index in [2.05, 4.69) is 38.2 Å². The van der Waals surface area contributed by atoms with Crippen LogP contribution in [0.15, 0.2) is 36.5 Å². The van der Waals surface area contributed by atoms with Gasteiger partial charge in [0.2, 0.25) is 0 Å². The topological polar surface area (TPSA) is 170 Å². The molecule has 0 aliphatic rings. The smallest absolute Gasteiger partial charge is 0.748 e. The Kier molecular flexibility index (Phi) is 45.5. The summed E-state index contributed by atoms with van der Waals surface area (Å²) >= 11 is 0. The van der Waals surface area contributed by atoms with Crippen LogP contribution in [0, 0.1) is 0 Å². The summed E-state index contributed by atoms with van der Waals surface area (Å²) in [6, 6.07) is 0. The first kappa shape index (κ1) is 57.1. The Labute approximate surface area is 360 Å². The van der Waals surface area contributed by atoms with Crippen LogP contribution in [0.1, 0.15) is 104 Å². The number of hydrogen-bond donors (Lipinski definition) is 0. The number of rotatable bonds is 38. The van der Waals surface area contributed by atoms with E-state index in [9.17, 15) is 25.9 Å². The van der Waals surface area contributed by atoms with Crippen molar-refractivity contribution in [3.63, 3.8) is 0 Å². The molecule has 0 N–H and O–H groups in total. The number of hydrogen-bond acceptors (Lipinski definition) is 12. The maximum absolute atomic E-state index is 10.9. The van der Waals surface area contributed by atoms with Gasteiger partial charge in [0.15, 0.2) is 0 Å². The molecule has 0 rings (SSSR count). The third-order valence-electron chi connectivity index (χ3n) is 7.20. The Bertz CT molecular complexity index is 976. The van der Waals surface area contributed by atoms with E-state index < -0.39 is 43.9 Å². The number of ether oxygens (including phenoxy) is 6. The van der Waals surface area contributed by atoms with E-state index in [0.29, 0.717) is 26.4 Å². The molecule has 0 heterocycles. The van der Waals surface area contributed by atoms with Gasteiger partial charge in [-0.25, -0.2) is 16.8 Å². The zero-order chi connectivity index (χ0) is 37.0. The van der Waals surface area contributed by atoms with Crippen molar-refractivity contribution in [2.45, 2.75) is 116 Å². The molecule has 52 heavy (non-hydrogen) atoms. The minimum atomic E-state index is -4.29. The largest absolute Gasteiger partial charge is 1.00 e. The molecule has 296 valence electrons. The van der Waals surface area contributed by atoms with Crippen LogP contribution in [0.2, 0.25) is 0 Å². The van der Waals surface area contributed by atoms with Crippen LogP contribution >= 0.6 is 0 Å². The summed E-state index contributed by atoms with van der Waals surface area (Å²) in [5.41, 5.74) is 0. The average molecular weight is 801 g/mol. The molecule has 0 saturated carbocycles. The second kappa shape index (κ2) is 41.4. The van der Waals surface area contributed by atoms with Gasteiger partial charge in [0.05, 0.1) is 59.9 Å². The maximum atomic E-state index is 10.9. The van der Waals surface area contributed by atoms with Crippen molar-refractivity contribution in [1.29, 1.82) is 0 Å². The molecule has 0 amide bonds. The molecular formula is C36H66Na2O12S2. The van der Waals surface area contributed by atoms with Crippen LogP contribution in [0.4, 0.5) is 0 Å². The third-order valence-corrected chi connectivity index (χ3v) is 8.77. The molecule has 0 spiro atoms. The third kappa shape index (κ3) is 47.0. The van der Waals surface area contributed by atoms with Gasteiger partial charge in [0.25, 0.3) is 0 Å². The maximum Gasteiger partial charge on any atom is 1.00 e. The minimum Gasteiger partial charge on any atom is -0.748 e. The average Bonchev–Trinajstić information content (AvgIpc) is 3.06. The van der Waals surface area contributed by atoms with Crippen molar-refractivity contribution in [3.05, 3.63) is 36.5 Å². The molecule has 0 aromatic rings. The molecular weight excluding hydrogens is 734 g/mol. The molecule has 2 unspecified atom stereocenters. The van der Waals surface area contributed by atoms with Gasteiger partial charge < -0.3 is 37.5 Å². The number of allylic oxidation sites excluding steroid dienone is 4. The molecule has 0 fully saturated rings. The van der Waals surface area contributed by atoms with Crippen LogP contribution in [0.3, 0.4) is 0 Å². The SMILES string of the molecule is CCCCC/C=C/CCCOCC(COC/C=C/COCC(COCCC/C=C/CCCCC)OCCCS(=O)(=O)[O-])OCCCS(=O)(=O)[O-].[Na+].[Na+]. The van der Waals surface area contributed by atoms with Gasteiger partial charge in [-0.2, -0.15) is 0 Å². The molecule has 0 aliphatic carbocycles. The van der Waals surface area contributed by atoms with E-state index in [-0.39, 0.29) is 112 Å². The Morgan fingerprint density at radius 1 is 0.462 bits per heavy atom. The number of unbranched alkanes of at least 4 members (excludes halogenated alkanes) is 8. The summed E-state index contributed by atoms with van der Waals surface area (Å²) in [5.74, 6) is -0.961. The van der Waals surface area contributed by atoms with Crippen LogP contribution in [0.5, 0.6) is 0 Å². The predicted molar refractivity (Wildman–Crippen MR) is 195 cm³/mol. The van der Waals surface area contributed by atoms with Crippen molar-refractivity contribution in [2.75, 3.05) is 77.6 Å². The first-order chi connectivity index (χ1) is 24.1. The Morgan fingerprint density at radius 3 is 1.15 bits per heavy atom. The van der Waals surface area contributed by atoms with E-state index in [1.165, 1.54) is 38.5 Å². The molecule has 2 atom stereocenters. The van der Waals surface area contributed by atoms with Crippen molar-refractivity contribution < 1.29 is 113 Å². The van der Waals surface area contributed by atoms with Gasteiger partial charge >= 0.3 is 59.1 Å². The first-order valence-corrected chi connectivity index (χ1v) is 21.6. The second-order valence-corrected chi connectivity index (χ2v) is 15.2. The molecule has 0 aromatic heterocycles. The Hall–Kier alpha value is 0.800. The van der Waals surface area contributed by atoms with Crippen LogP contribution in [-0.4, -0.2) is 116 Å². The molecule has 0 aromatic carbocycles. The minimum absolute atomic E-state index is 0. The van der Waals surface area contributed by atoms with E-state index >= 15 is 0 Å².